The lowest BCUT2D eigenvalue weighted by molar-refractivity contribution is -0.137. The first-order valence-electron chi connectivity index (χ1n) is 7.93. The maximum Gasteiger partial charge on any atom is 0.416 e. The molecule has 2 aromatic carbocycles. The van der Waals surface area contributed by atoms with E-state index in [2.05, 4.69) is 12.0 Å². The molecule has 0 aliphatic rings. The lowest BCUT2D eigenvalue weighted by Crippen LogP contribution is -2.04. The Morgan fingerprint density at radius 3 is 2.32 bits per heavy atom. The summed E-state index contributed by atoms with van der Waals surface area (Å²) in [5.74, 6) is 0. The fourth-order valence-corrected chi connectivity index (χ4v) is 2.97. The van der Waals surface area contributed by atoms with E-state index in [1.54, 1.807) is 10.7 Å². The van der Waals surface area contributed by atoms with Gasteiger partial charge in [0.1, 0.15) is 0 Å². The van der Waals surface area contributed by atoms with E-state index in [1.807, 2.05) is 38.1 Å². The average Bonchev–Trinajstić information content (AvgIpc) is 2.89. The zero-order valence-corrected chi connectivity index (χ0v) is 14.1. The second-order valence-electron chi connectivity index (χ2n) is 5.95. The molecule has 129 valence electrons. The first-order chi connectivity index (χ1) is 11.8. The molecule has 2 nitrogen and oxygen atoms in total. The highest BCUT2D eigenvalue weighted by molar-refractivity contribution is 5.70. The fourth-order valence-electron chi connectivity index (χ4n) is 2.97. The Bertz CT molecular complexity index is 890. The summed E-state index contributed by atoms with van der Waals surface area (Å²) in [4.78, 5) is 0. The summed E-state index contributed by atoms with van der Waals surface area (Å²) in [6, 6.07) is 13.2. The van der Waals surface area contributed by atoms with Crippen LogP contribution in [-0.4, -0.2) is 9.78 Å². The van der Waals surface area contributed by atoms with E-state index in [0.717, 1.165) is 28.6 Å². The van der Waals surface area contributed by atoms with E-state index in [4.69, 9.17) is 0 Å². The number of nitrogens with zero attached hydrogens (tertiary/aromatic N) is 2. The zero-order valence-electron chi connectivity index (χ0n) is 14.1. The molecule has 3 rings (SSSR count). The maximum atomic E-state index is 13.0. The number of rotatable bonds is 3. The minimum Gasteiger partial charge on any atom is -0.237 e. The Morgan fingerprint density at radius 2 is 1.72 bits per heavy atom. The van der Waals surface area contributed by atoms with E-state index in [9.17, 15) is 13.2 Å². The molecule has 3 aromatic rings. The topological polar surface area (TPSA) is 17.8 Å². The van der Waals surface area contributed by atoms with E-state index in [1.165, 1.54) is 12.1 Å². The van der Waals surface area contributed by atoms with Crippen LogP contribution in [0.15, 0.2) is 48.5 Å². The summed E-state index contributed by atoms with van der Waals surface area (Å²) in [5.41, 5.74) is 4.07. The van der Waals surface area contributed by atoms with Crippen molar-refractivity contribution in [2.45, 2.75) is 26.4 Å². The Labute approximate surface area is 144 Å². The van der Waals surface area contributed by atoms with Crippen LogP contribution in [0, 0.1) is 20.8 Å². The first kappa shape index (κ1) is 17.3. The van der Waals surface area contributed by atoms with Crippen LogP contribution in [0.1, 0.15) is 22.5 Å². The van der Waals surface area contributed by atoms with Gasteiger partial charge in [-0.05, 0) is 62.6 Å². The van der Waals surface area contributed by atoms with Crippen LogP contribution in [0.25, 0.3) is 16.8 Å². The molecule has 0 N–H and O–H groups in total. The molecule has 0 aliphatic carbocycles. The third-order valence-corrected chi connectivity index (χ3v) is 4.24. The Morgan fingerprint density at radius 1 is 1.04 bits per heavy atom. The van der Waals surface area contributed by atoms with Crippen LogP contribution >= 0.6 is 0 Å². The second-order valence-corrected chi connectivity index (χ2v) is 5.95. The Kier molecular flexibility index (Phi) is 4.41. The highest BCUT2D eigenvalue weighted by atomic mass is 19.4. The lowest BCUT2D eigenvalue weighted by atomic mass is 10.0. The summed E-state index contributed by atoms with van der Waals surface area (Å²) in [6.07, 6.45) is -3.66. The van der Waals surface area contributed by atoms with Crippen molar-refractivity contribution in [2.75, 3.05) is 0 Å². The van der Waals surface area contributed by atoms with Gasteiger partial charge in [0.05, 0.1) is 16.9 Å². The van der Waals surface area contributed by atoms with Crippen molar-refractivity contribution in [1.29, 1.82) is 0 Å². The number of aromatic nitrogens is 2. The van der Waals surface area contributed by atoms with Gasteiger partial charge in [-0.3, -0.25) is 0 Å². The molecule has 5 heteroatoms. The van der Waals surface area contributed by atoms with Crippen molar-refractivity contribution in [1.82, 2.24) is 9.78 Å². The molecule has 25 heavy (non-hydrogen) atoms. The summed E-state index contributed by atoms with van der Waals surface area (Å²) >= 11 is 0. The van der Waals surface area contributed by atoms with Crippen LogP contribution in [-0.2, 0) is 12.6 Å². The van der Waals surface area contributed by atoms with Gasteiger partial charge in [0, 0.05) is 11.3 Å². The van der Waals surface area contributed by atoms with Gasteiger partial charge >= 0.3 is 6.18 Å². The van der Waals surface area contributed by atoms with E-state index >= 15 is 0 Å². The molecule has 0 saturated heterocycles. The molecule has 0 bridgehead atoms. The normalized spacial score (nSPS) is 11.8. The van der Waals surface area contributed by atoms with Gasteiger partial charge in [-0.15, -0.1) is 0 Å². The molecule has 0 atom stereocenters. The number of hydrogen-bond donors (Lipinski definition) is 0. The third-order valence-electron chi connectivity index (χ3n) is 4.24. The second kappa shape index (κ2) is 6.39. The lowest BCUT2D eigenvalue weighted by Gasteiger charge is -2.10. The Balaban J connectivity index is 2.08. The van der Waals surface area contributed by atoms with Crippen molar-refractivity contribution in [3.8, 4) is 16.8 Å². The highest BCUT2D eigenvalue weighted by Crippen LogP contribution is 2.34. The standard InChI is InChI=1S/C20H18F3N2/c1-4-15-8-10-18(11-9-15)25-14(3)19(13(2)24-25)16-6-5-7-17(12-16)20(21,22)23/h5-12H,1,4H2,2-3H3. The third kappa shape index (κ3) is 3.31. The van der Waals surface area contributed by atoms with Gasteiger partial charge in [0.2, 0.25) is 0 Å². The minimum atomic E-state index is -4.36. The molecular weight excluding hydrogens is 325 g/mol. The first-order valence-corrected chi connectivity index (χ1v) is 7.93. The van der Waals surface area contributed by atoms with Crippen molar-refractivity contribution < 1.29 is 13.2 Å². The van der Waals surface area contributed by atoms with E-state index in [-0.39, 0.29) is 0 Å². The molecule has 1 aromatic heterocycles. The van der Waals surface area contributed by atoms with Crippen LogP contribution < -0.4 is 0 Å². The van der Waals surface area contributed by atoms with Gasteiger partial charge in [-0.1, -0.05) is 24.3 Å². The zero-order chi connectivity index (χ0) is 18.2. The number of benzene rings is 2. The Hall–Kier alpha value is -2.56. The van der Waals surface area contributed by atoms with Gasteiger partial charge in [0.25, 0.3) is 0 Å². The molecule has 0 saturated carbocycles. The summed E-state index contributed by atoms with van der Waals surface area (Å²) in [6.45, 7) is 7.52. The molecule has 0 aliphatic heterocycles. The van der Waals surface area contributed by atoms with Crippen molar-refractivity contribution in [3.05, 3.63) is 78.0 Å². The average molecular weight is 343 g/mol. The number of aryl methyl sites for hydroxylation is 1. The predicted octanol–water partition coefficient (Wildman–Crippen LogP) is 5.55. The van der Waals surface area contributed by atoms with Crippen LogP contribution in [0.4, 0.5) is 13.2 Å². The van der Waals surface area contributed by atoms with Gasteiger partial charge in [-0.2, -0.15) is 18.3 Å². The molecule has 1 radical (unpaired) electrons. The van der Waals surface area contributed by atoms with E-state index < -0.39 is 11.7 Å². The smallest absolute Gasteiger partial charge is 0.237 e. The molecular formula is C20H18F3N2. The molecule has 0 unspecified atom stereocenters. The SMILES string of the molecule is [CH2]Cc1ccc(-n2nc(C)c(-c3cccc(C(F)(F)F)c3)c2C)cc1. The van der Waals surface area contributed by atoms with Crippen molar-refractivity contribution in [2.24, 2.45) is 0 Å². The van der Waals surface area contributed by atoms with Gasteiger partial charge < -0.3 is 0 Å². The van der Waals surface area contributed by atoms with Crippen LogP contribution in [0.3, 0.4) is 0 Å². The fraction of sp³-hybridized carbons (Fsp3) is 0.200. The predicted molar refractivity (Wildman–Crippen MR) is 92.5 cm³/mol. The highest BCUT2D eigenvalue weighted by Gasteiger charge is 2.30. The van der Waals surface area contributed by atoms with Crippen LogP contribution in [0.2, 0.25) is 0 Å². The quantitative estimate of drug-likeness (QED) is 0.609. The van der Waals surface area contributed by atoms with Gasteiger partial charge in [-0.25, -0.2) is 4.68 Å². The number of hydrogen-bond acceptors (Lipinski definition) is 1. The van der Waals surface area contributed by atoms with Crippen molar-refractivity contribution >= 4 is 0 Å². The number of alkyl halides is 3. The van der Waals surface area contributed by atoms with Gasteiger partial charge in [0.15, 0.2) is 0 Å². The van der Waals surface area contributed by atoms with Crippen LogP contribution in [0.5, 0.6) is 0 Å². The summed E-state index contributed by atoms with van der Waals surface area (Å²) in [7, 11) is 0. The molecule has 0 spiro atoms. The monoisotopic (exact) mass is 343 g/mol. The summed E-state index contributed by atoms with van der Waals surface area (Å²) in [5, 5.41) is 4.52. The van der Waals surface area contributed by atoms with Crippen molar-refractivity contribution in [3.63, 3.8) is 0 Å². The maximum absolute atomic E-state index is 13.0. The van der Waals surface area contributed by atoms with E-state index in [0.29, 0.717) is 17.7 Å². The molecule has 0 amide bonds. The molecule has 1 heterocycles. The number of halogens is 3. The summed E-state index contributed by atoms with van der Waals surface area (Å²) < 4.78 is 40.8. The minimum absolute atomic E-state index is 0.519. The molecule has 0 fully saturated rings. The largest absolute Gasteiger partial charge is 0.416 e.